The SMILES string of the molecule is CCNCC(CC1(C(=O)NC2CCC(C(=O)OCC)CC2)CCCC1)C(=O)OC(C)(C)C. The standard InChI is InChI=1S/C25H44N2O5/c1-6-26-17-19(22(29)32-24(3,4)5)16-25(14-8-9-15-25)23(30)27-20-12-10-18(11-13-20)21(28)31-7-2/h18-20,26H,6-17H2,1-5H3,(H,27,30). The van der Waals surface area contributed by atoms with E-state index in [1.165, 1.54) is 0 Å². The Hall–Kier alpha value is -1.63. The third kappa shape index (κ3) is 7.75. The van der Waals surface area contributed by atoms with Crippen LogP contribution in [0.3, 0.4) is 0 Å². The number of hydrogen-bond donors (Lipinski definition) is 2. The molecule has 2 fully saturated rings. The maximum Gasteiger partial charge on any atom is 0.310 e. The molecule has 0 heterocycles. The summed E-state index contributed by atoms with van der Waals surface area (Å²) in [7, 11) is 0. The van der Waals surface area contributed by atoms with Gasteiger partial charge in [0.1, 0.15) is 5.60 Å². The Morgan fingerprint density at radius 1 is 1.03 bits per heavy atom. The van der Waals surface area contributed by atoms with Crippen molar-refractivity contribution in [2.45, 2.75) is 104 Å². The van der Waals surface area contributed by atoms with Crippen LogP contribution in [0.25, 0.3) is 0 Å². The number of ether oxygens (including phenoxy) is 2. The van der Waals surface area contributed by atoms with Crippen LogP contribution in [0, 0.1) is 17.3 Å². The average molecular weight is 453 g/mol. The minimum absolute atomic E-state index is 0.0554. The summed E-state index contributed by atoms with van der Waals surface area (Å²) in [4.78, 5) is 38.4. The van der Waals surface area contributed by atoms with E-state index in [4.69, 9.17) is 9.47 Å². The van der Waals surface area contributed by atoms with E-state index >= 15 is 0 Å². The van der Waals surface area contributed by atoms with Crippen LogP contribution in [0.4, 0.5) is 0 Å². The Labute approximate surface area is 193 Å². The van der Waals surface area contributed by atoms with Crippen molar-refractivity contribution in [2.75, 3.05) is 19.7 Å². The van der Waals surface area contributed by atoms with Crippen LogP contribution in [0.2, 0.25) is 0 Å². The number of hydrogen-bond acceptors (Lipinski definition) is 6. The van der Waals surface area contributed by atoms with Crippen LogP contribution in [-0.2, 0) is 23.9 Å². The third-order valence-electron chi connectivity index (χ3n) is 6.74. The molecule has 0 aromatic rings. The normalized spacial score (nSPS) is 23.9. The van der Waals surface area contributed by atoms with Gasteiger partial charge < -0.3 is 20.1 Å². The highest BCUT2D eigenvalue weighted by Gasteiger charge is 2.45. The third-order valence-corrected chi connectivity index (χ3v) is 6.74. The Morgan fingerprint density at radius 3 is 2.19 bits per heavy atom. The highest BCUT2D eigenvalue weighted by Crippen LogP contribution is 2.44. The second-order valence-electron chi connectivity index (χ2n) is 10.5. The zero-order chi connectivity index (χ0) is 23.8. The average Bonchev–Trinajstić information content (AvgIpc) is 3.20. The van der Waals surface area contributed by atoms with Crippen molar-refractivity contribution in [3.8, 4) is 0 Å². The summed E-state index contributed by atoms with van der Waals surface area (Å²) in [6.07, 6.45) is 7.21. The van der Waals surface area contributed by atoms with Crippen LogP contribution in [0.1, 0.15) is 92.4 Å². The molecular formula is C25H44N2O5. The summed E-state index contributed by atoms with van der Waals surface area (Å²) in [6, 6.07) is 0.0828. The second kappa shape index (κ2) is 12.0. The Balaban J connectivity index is 2.02. The fraction of sp³-hybridized carbons (Fsp3) is 0.880. The van der Waals surface area contributed by atoms with Crippen molar-refractivity contribution in [3.05, 3.63) is 0 Å². The lowest BCUT2D eigenvalue weighted by Gasteiger charge is -2.35. The molecule has 32 heavy (non-hydrogen) atoms. The molecule has 1 amide bonds. The van der Waals surface area contributed by atoms with Crippen LogP contribution in [-0.4, -0.2) is 49.2 Å². The minimum Gasteiger partial charge on any atom is -0.466 e. The van der Waals surface area contributed by atoms with Gasteiger partial charge in [0.25, 0.3) is 0 Å². The summed E-state index contributed by atoms with van der Waals surface area (Å²) in [5, 5.41) is 6.55. The van der Waals surface area contributed by atoms with Gasteiger partial charge in [-0.25, -0.2) is 0 Å². The molecule has 0 aromatic carbocycles. The summed E-state index contributed by atoms with van der Waals surface area (Å²) < 4.78 is 10.8. The number of carbonyl (C=O) groups excluding carboxylic acids is 3. The van der Waals surface area contributed by atoms with E-state index in [9.17, 15) is 14.4 Å². The molecule has 0 aromatic heterocycles. The van der Waals surface area contributed by atoms with E-state index in [1.807, 2.05) is 34.6 Å². The smallest absolute Gasteiger partial charge is 0.310 e. The fourth-order valence-electron chi connectivity index (χ4n) is 5.06. The molecule has 0 aliphatic heterocycles. The van der Waals surface area contributed by atoms with Crippen LogP contribution in [0.15, 0.2) is 0 Å². The summed E-state index contributed by atoms with van der Waals surface area (Å²) in [6.45, 7) is 11.2. The molecule has 0 radical (unpaired) electrons. The molecule has 0 bridgehead atoms. The first kappa shape index (κ1) is 26.6. The van der Waals surface area contributed by atoms with E-state index in [-0.39, 0.29) is 35.7 Å². The van der Waals surface area contributed by atoms with Gasteiger partial charge in [-0.1, -0.05) is 19.8 Å². The number of esters is 2. The number of carbonyl (C=O) groups is 3. The zero-order valence-electron chi connectivity index (χ0n) is 20.8. The van der Waals surface area contributed by atoms with Crippen molar-refractivity contribution in [2.24, 2.45) is 17.3 Å². The molecule has 2 saturated carbocycles. The van der Waals surface area contributed by atoms with E-state index in [2.05, 4.69) is 10.6 Å². The number of rotatable bonds is 10. The number of nitrogens with one attached hydrogen (secondary N) is 2. The van der Waals surface area contributed by atoms with Gasteiger partial charge in [0.05, 0.1) is 23.9 Å². The maximum absolute atomic E-state index is 13.5. The van der Waals surface area contributed by atoms with Gasteiger partial charge in [0.2, 0.25) is 5.91 Å². The van der Waals surface area contributed by atoms with Crippen molar-refractivity contribution in [1.29, 1.82) is 0 Å². The van der Waals surface area contributed by atoms with E-state index < -0.39 is 11.0 Å². The van der Waals surface area contributed by atoms with Crippen molar-refractivity contribution < 1.29 is 23.9 Å². The topological polar surface area (TPSA) is 93.7 Å². The first-order chi connectivity index (χ1) is 15.1. The van der Waals surface area contributed by atoms with E-state index in [0.717, 1.165) is 57.9 Å². The molecule has 1 atom stereocenters. The largest absolute Gasteiger partial charge is 0.466 e. The predicted octanol–water partition coefficient (Wildman–Crippen LogP) is 3.74. The summed E-state index contributed by atoms with van der Waals surface area (Å²) in [5.41, 5.74) is -1.07. The van der Waals surface area contributed by atoms with Gasteiger partial charge in [0.15, 0.2) is 0 Å². The fourth-order valence-corrected chi connectivity index (χ4v) is 5.06. The van der Waals surface area contributed by atoms with E-state index in [1.54, 1.807) is 0 Å². The van der Waals surface area contributed by atoms with Crippen molar-refractivity contribution >= 4 is 17.8 Å². The van der Waals surface area contributed by atoms with E-state index in [0.29, 0.717) is 19.6 Å². The molecule has 2 aliphatic carbocycles. The predicted molar refractivity (Wildman–Crippen MR) is 124 cm³/mol. The lowest BCUT2D eigenvalue weighted by atomic mass is 9.76. The number of amides is 1. The Morgan fingerprint density at radius 2 is 1.66 bits per heavy atom. The van der Waals surface area contributed by atoms with Gasteiger partial charge in [-0.05, 0) is 79.2 Å². The van der Waals surface area contributed by atoms with Gasteiger partial charge in [-0.15, -0.1) is 0 Å². The molecule has 184 valence electrons. The lowest BCUT2D eigenvalue weighted by Crippen LogP contribution is -2.48. The van der Waals surface area contributed by atoms with Crippen LogP contribution < -0.4 is 10.6 Å². The summed E-state index contributed by atoms with van der Waals surface area (Å²) in [5.74, 6) is -0.682. The minimum atomic E-state index is -0.551. The van der Waals surface area contributed by atoms with Crippen LogP contribution in [0.5, 0.6) is 0 Å². The Bertz CT molecular complexity index is 629. The van der Waals surface area contributed by atoms with Crippen LogP contribution >= 0.6 is 0 Å². The monoisotopic (exact) mass is 452 g/mol. The van der Waals surface area contributed by atoms with Gasteiger partial charge in [-0.3, -0.25) is 14.4 Å². The quantitative estimate of drug-likeness (QED) is 0.491. The van der Waals surface area contributed by atoms with Gasteiger partial charge in [0, 0.05) is 12.6 Å². The second-order valence-corrected chi connectivity index (χ2v) is 10.5. The first-order valence-corrected chi connectivity index (χ1v) is 12.5. The molecule has 2 aliphatic rings. The molecule has 7 heteroatoms. The van der Waals surface area contributed by atoms with Gasteiger partial charge >= 0.3 is 11.9 Å². The molecule has 1 unspecified atom stereocenters. The molecule has 7 nitrogen and oxygen atoms in total. The van der Waals surface area contributed by atoms with Crippen molar-refractivity contribution in [3.63, 3.8) is 0 Å². The maximum atomic E-state index is 13.5. The molecular weight excluding hydrogens is 408 g/mol. The zero-order valence-corrected chi connectivity index (χ0v) is 20.8. The molecule has 2 N–H and O–H groups in total. The highest BCUT2D eigenvalue weighted by atomic mass is 16.6. The Kier molecular flexibility index (Phi) is 9.99. The lowest BCUT2D eigenvalue weighted by molar-refractivity contribution is -0.161. The molecule has 0 saturated heterocycles. The van der Waals surface area contributed by atoms with Gasteiger partial charge in [-0.2, -0.15) is 0 Å². The van der Waals surface area contributed by atoms with Crippen molar-refractivity contribution in [1.82, 2.24) is 10.6 Å². The highest BCUT2D eigenvalue weighted by molar-refractivity contribution is 5.84. The summed E-state index contributed by atoms with van der Waals surface area (Å²) >= 11 is 0. The first-order valence-electron chi connectivity index (χ1n) is 12.5. The molecule has 2 rings (SSSR count). The molecule has 0 spiro atoms.